The lowest BCUT2D eigenvalue weighted by molar-refractivity contribution is -0.138. The van der Waals surface area contributed by atoms with E-state index in [1.165, 1.54) is 13.0 Å². The molecule has 0 spiro atoms. The Bertz CT molecular complexity index is 847. The summed E-state index contributed by atoms with van der Waals surface area (Å²) in [5.41, 5.74) is 1.91. The van der Waals surface area contributed by atoms with E-state index in [-0.39, 0.29) is 12.4 Å². The van der Waals surface area contributed by atoms with Crippen molar-refractivity contribution in [3.8, 4) is 17.2 Å². The van der Waals surface area contributed by atoms with Gasteiger partial charge in [0.1, 0.15) is 23.9 Å². The highest BCUT2D eigenvalue weighted by molar-refractivity contribution is 5.94. The first-order valence-electron chi connectivity index (χ1n) is 8.81. The van der Waals surface area contributed by atoms with Crippen molar-refractivity contribution in [2.75, 3.05) is 20.8 Å². The summed E-state index contributed by atoms with van der Waals surface area (Å²) in [7, 11) is 3.11. The molecule has 0 aliphatic carbocycles. The fraction of sp³-hybridized carbons (Fsp3) is 0.273. The highest BCUT2D eigenvalue weighted by atomic mass is 16.5. The molecule has 0 N–H and O–H groups in total. The molecule has 0 saturated carbocycles. The molecule has 28 heavy (non-hydrogen) atoms. The monoisotopic (exact) mass is 384 g/mol. The van der Waals surface area contributed by atoms with Gasteiger partial charge in [-0.05, 0) is 55.8 Å². The van der Waals surface area contributed by atoms with Gasteiger partial charge < -0.3 is 18.9 Å². The second kappa shape index (κ2) is 10.2. The van der Waals surface area contributed by atoms with Crippen molar-refractivity contribution in [1.29, 1.82) is 0 Å². The van der Waals surface area contributed by atoms with E-state index in [1.54, 1.807) is 56.7 Å². The smallest absolute Gasteiger partial charge is 0.331 e. The summed E-state index contributed by atoms with van der Waals surface area (Å²) in [6, 6.07) is 10.4. The minimum Gasteiger partial charge on any atom is -0.497 e. The van der Waals surface area contributed by atoms with Crippen molar-refractivity contribution < 1.29 is 28.5 Å². The largest absolute Gasteiger partial charge is 0.497 e. The number of hydrogen-bond donors (Lipinski definition) is 0. The van der Waals surface area contributed by atoms with Crippen LogP contribution in [-0.2, 0) is 16.1 Å². The van der Waals surface area contributed by atoms with Gasteiger partial charge in [0, 0.05) is 23.3 Å². The van der Waals surface area contributed by atoms with E-state index in [9.17, 15) is 9.59 Å². The van der Waals surface area contributed by atoms with Crippen LogP contribution in [0.4, 0.5) is 0 Å². The molecule has 6 nitrogen and oxygen atoms in total. The summed E-state index contributed by atoms with van der Waals surface area (Å²) >= 11 is 0. The van der Waals surface area contributed by atoms with Crippen LogP contribution < -0.4 is 14.2 Å². The number of hydrogen-bond acceptors (Lipinski definition) is 6. The van der Waals surface area contributed by atoms with Gasteiger partial charge in [-0.1, -0.05) is 0 Å². The summed E-state index contributed by atoms with van der Waals surface area (Å²) < 4.78 is 21.3. The molecule has 6 heteroatoms. The summed E-state index contributed by atoms with van der Waals surface area (Å²) in [5, 5.41) is 0. The molecule has 0 unspecified atom stereocenters. The van der Waals surface area contributed by atoms with Gasteiger partial charge in [-0.15, -0.1) is 0 Å². The Morgan fingerprint density at radius 1 is 1.00 bits per heavy atom. The molecule has 2 aromatic rings. The Kier molecular flexibility index (Phi) is 7.63. The number of carbonyl (C=O) groups excluding carboxylic acids is 2. The van der Waals surface area contributed by atoms with Crippen LogP contribution in [0.25, 0.3) is 6.08 Å². The topological polar surface area (TPSA) is 71.1 Å². The number of benzene rings is 2. The van der Waals surface area contributed by atoms with E-state index in [1.807, 2.05) is 6.92 Å². The third-order valence-electron chi connectivity index (χ3n) is 3.92. The molecular formula is C22H24O6. The maximum atomic E-state index is 12.1. The third-order valence-corrected chi connectivity index (χ3v) is 3.92. The van der Waals surface area contributed by atoms with E-state index < -0.39 is 5.97 Å². The first-order valence-corrected chi connectivity index (χ1v) is 8.81. The summed E-state index contributed by atoms with van der Waals surface area (Å²) in [6.45, 7) is 3.81. The molecule has 0 saturated heterocycles. The SMILES string of the molecule is CCOc1ccc(C(C)=O)cc1COC(=O)/C=C/c1cc(OC)cc(OC)c1. The minimum absolute atomic E-state index is 0.00105. The van der Waals surface area contributed by atoms with Gasteiger partial charge in [0.25, 0.3) is 0 Å². The van der Waals surface area contributed by atoms with Crippen LogP contribution in [0.1, 0.15) is 35.3 Å². The van der Waals surface area contributed by atoms with Gasteiger partial charge in [0.2, 0.25) is 0 Å². The maximum absolute atomic E-state index is 12.1. The average Bonchev–Trinajstić information content (AvgIpc) is 2.71. The normalized spacial score (nSPS) is 10.6. The number of carbonyl (C=O) groups is 2. The van der Waals surface area contributed by atoms with Crippen molar-refractivity contribution in [2.45, 2.75) is 20.5 Å². The zero-order chi connectivity index (χ0) is 20.5. The number of ether oxygens (including phenoxy) is 4. The summed E-state index contributed by atoms with van der Waals surface area (Å²) in [5.74, 6) is 1.24. The van der Waals surface area contributed by atoms with Gasteiger partial charge in [-0.25, -0.2) is 4.79 Å². The first-order chi connectivity index (χ1) is 13.5. The Balaban J connectivity index is 2.09. The first kappa shape index (κ1) is 21.0. The van der Waals surface area contributed by atoms with Crippen LogP contribution in [0.2, 0.25) is 0 Å². The molecule has 2 aromatic carbocycles. The highest BCUT2D eigenvalue weighted by Crippen LogP contribution is 2.24. The van der Waals surface area contributed by atoms with E-state index >= 15 is 0 Å². The lowest BCUT2D eigenvalue weighted by Gasteiger charge is -2.11. The van der Waals surface area contributed by atoms with Crippen LogP contribution in [0.5, 0.6) is 17.2 Å². The Labute approximate surface area is 164 Å². The Morgan fingerprint density at radius 2 is 1.68 bits per heavy atom. The highest BCUT2D eigenvalue weighted by Gasteiger charge is 2.10. The van der Waals surface area contributed by atoms with Crippen LogP contribution >= 0.6 is 0 Å². The Hall–Kier alpha value is -3.28. The van der Waals surface area contributed by atoms with Gasteiger partial charge in [0.05, 0.1) is 20.8 Å². The standard InChI is InChI=1S/C22H24O6/c1-5-27-21-8-7-17(15(2)23)12-18(21)14-28-22(24)9-6-16-10-19(25-3)13-20(11-16)26-4/h6-13H,5,14H2,1-4H3/b9-6+. The minimum atomic E-state index is -0.516. The molecule has 0 radical (unpaired) electrons. The van der Waals surface area contributed by atoms with Crippen LogP contribution in [0.15, 0.2) is 42.5 Å². The molecule has 0 bridgehead atoms. The van der Waals surface area contributed by atoms with Crippen LogP contribution in [-0.4, -0.2) is 32.6 Å². The van der Waals surface area contributed by atoms with Crippen LogP contribution in [0.3, 0.4) is 0 Å². The number of Topliss-reactive ketones (excluding diaryl/α,β-unsaturated/α-hetero) is 1. The molecular weight excluding hydrogens is 360 g/mol. The molecule has 0 fully saturated rings. The second-order valence-electron chi connectivity index (χ2n) is 5.90. The number of rotatable bonds is 9. The molecule has 0 atom stereocenters. The number of methoxy groups -OCH3 is 2. The third kappa shape index (κ3) is 5.87. The zero-order valence-corrected chi connectivity index (χ0v) is 16.5. The van der Waals surface area contributed by atoms with E-state index in [2.05, 4.69) is 0 Å². The number of ketones is 1. The van der Waals surface area contributed by atoms with Gasteiger partial charge in [0.15, 0.2) is 5.78 Å². The molecule has 0 amide bonds. The Morgan fingerprint density at radius 3 is 2.25 bits per heavy atom. The van der Waals surface area contributed by atoms with Crippen LogP contribution in [0, 0.1) is 0 Å². The molecule has 0 heterocycles. The van der Waals surface area contributed by atoms with E-state index in [0.717, 1.165) is 5.56 Å². The van der Waals surface area contributed by atoms with E-state index in [0.29, 0.717) is 35.0 Å². The molecule has 0 aliphatic rings. The quantitative estimate of drug-likeness (QED) is 0.369. The average molecular weight is 384 g/mol. The molecule has 0 aromatic heterocycles. The second-order valence-corrected chi connectivity index (χ2v) is 5.90. The lowest BCUT2D eigenvalue weighted by Crippen LogP contribution is -2.05. The zero-order valence-electron chi connectivity index (χ0n) is 16.5. The number of esters is 1. The van der Waals surface area contributed by atoms with Crippen molar-refractivity contribution in [1.82, 2.24) is 0 Å². The van der Waals surface area contributed by atoms with Gasteiger partial charge >= 0.3 is 5.97 Å². The maximum Gasteiger partial charge on any atom is 0.331 e. The van der Waals surface area contributed by atoms with Crippen molar-refractivity contribution in [3.05, 3.63) is 59.2 Å². The van der Waals surface area contributed by atoms with Crippen molar-refractivity contribution in [2.24, 2.45) is 0 Å². The summed E-state index contributed by atoms with van der Waals surface area (Å²) in [6.07, 6.45) is 2.94. The van der Waals surface area contributed by atoms with E-state index in [4.69, 9.17) is 18.9 Å². The van der Waals surface area contributed by atoms with Crippen molar-refractivity contribution >= 4 is 17.8 Å². The van der Waals surface area contributed by atoms with Gasteiger partial charge in [-0.2, -0.15) is 0 Å². The molecule has 0 aliphatic heterocycles. The van der Waals surface area contributed by atoms with Gasteiger partial charge in [-0.3, -0.25) is 4.79 Å². The molecule has 2 rings (SSSR count). The summed E-state index contributed by atoms with van der Waals surface area (Å²) in [4.78, 5) is 23.7. The lowest BCUT2D eigenvalue weighted by atomic mass is 10.1. The predicted octanol–water partition coefficient (Wildman–Crippen LogP) is 4.06. The fourth-order valence-corrected chi connectivity index (χ4v) is 2.49. The fourth-order valence-electron chi connectivity index (χ4n) is 2.49. The van der Waals surface area contributed by atoms with Crippen molar-refractivity contribution in [3.63, 3.8) is 0 Å². The predicted molar refractivity (Wildman–Crippen MR) is 106 cm³/mol. The molecule has 148 valence electrons.